The lowest BCUT2D eigenvalue weighted by atomic mass is 10.0. The van der Waals surface area contributed by atoms with Gasteiger partial charge < -0.3 is 14.5 Å². The van der Waals surface area contributed by atoms with Crippen LogP contribution in [0.3, 0.4) is 0 Å². The Morgan fingerprint density at radius 3 is 2.30 bits per heavy atom. The summed E-state index contributed by atoms with van der Waals surface area (Å²) in [5.41, 5.74) is 3.81. The fraction of sp³-hybridized carbons (Fsp3) is 0.0952. The van der Waals surface area contributed by atoms with Crippen molar-refractivity contribution < 1.29 is 19.1 Å². The summed E-state index contributed by atoms with van der Waals surface area (Å²) >= 11 is 0. The van der Waals surface area contributed by atoms with Crippen LogP contribution in [0.4, 0.5) is 0 Å². The van der Waals surface area contributed by atoms with Crippen LogP contribution in [0.15, 0.2) is 54.6 Å². The average molecular weight is 360 g/mol. The molecule has 2 aromatic heterocycles. The smallest absolute Gasteiger partial charge is 0.356 e. The first-order valence-corrected chi connectivity index (χ1v) is 8.31. The summed E-state index contributed by atoms with van der Waals surface area (Å²) < 4.78 is 9.59. The van der Waals surface area contributed by atoms with Crippen LogP contribution >= 0.6 is 0 Å². The van der Waals surface area contributed by atoms with Crippen LogP contribution in [0.5, 0.6) is 0 Å². The van der Waals surface area contributed by atoms with Crippen LogP contribution < -0.4 is 0 Å². The van der Waals surface area contributed by atoms with Crippen molar-refractivity contribution in [2.75, 3.05) is 14.2 Å². The SMILES string of the molecule is COC(=O)c1ccc(-c2nc(C(=O)OC)cc3c2[nH]c2ccccc23)cc1. The van der Waals surface area contributed by atoms with E-state index >= 15 is 0 Å². The predicted molar refractivity (Wildman–Crippen MR) is 102 cm³/mol. The third kappa shape index (κ3) is 2.81. The number of aromatic nitrogens is 2. The van der Waals surface area contributed by atoms with E-state index in [4.69, 9.17) is 9.47 Å². The van der Waals surface area contributed by atoms with Gasteiger partial charge in [-0.3, -0.25) is 0 Å². The third-order valence-electron chi connectivity index (χ3n) is 4.47. The average Bonchev–Trinajstić information content (AvgIpc) is 3.10. The lowest BCUT2D eigenvalue weighted by Crippen LogP contribution is -2.05. The maximum atomic E-state index is 12.1. The van der Waals surface area contributed by atoms with Gasteiger partial charge in [-0.1, -0.05) is 30.3 Å². The van der Waals surface area contributed by atoms with Crippen LogP contribution in [0.2, 0.25) is 0 Å². The second kappa shape index (κ2) is 6.57. The minimum Gasteiger partial charge on any atom is -0.465 e. The molecule has 0 atom stereocenters. The van der Waals surface area contributed by atoms with Crippen LogP contribution in [0, 0.1) is 0 Å². The number of hydrogen-bond acceptors (Lipinski definition) is 5. The molecule has 27 heavy (non-hydrogen) atoms. The van der Waals surface area contributed by atoms with E-state index in [0.717, 1.165) is 27.4 Å². The van der Waals surface area contributed by atoms with Crippen molar-refractivity contribution in [3.8, 4) is 11.3 Å². The number of nitrogens with one attached hydrogen (secondary N) is 1. The van der Waals surface area contributed by atoms with Crippen molar-refractivity contribution >= 4 is 33.7 Å². The quantitative estimate of drug-likeness (QED) is 0.559. The maximum absolute atomic E-state index is 12.1. The van der Waals surface area contributed by atoms with Gasteiger partial charge in [-0.15, -0.1) is 0 Å². The van der Waals surface area contributed by atoms with Gasteiger partial charge in [0.25, 0.3) is 0 Å². The Balaban J connectivity index is 1.98. The van der Waals surface area contributed by atoms with Gasteiger partial charge >= 0.3 is 11.9 Å². The minimum absolute atomic E-state index is 0.224. The summed E-state index contributed by atoms with van der Waals surface area (Å²) in [5, 5.41) is 1.88. The molecular weight excluding hydrogens is 344 g/mol. The van der Waals surface area contributed by atoms with Crippen molar-refractivity contribution in [2.24, 2.45) is 0 Å². The fourth-order valence-corrected chi connectivity index (χ4v) is 3.15. The molecule has 6 nitrogen and oxygen atoms in total. The van der Waals surface area contributed by atoms with Gasteiger partial charge in [0, 0.05) is 21.9 Å². The molecule has 0 spiro atoms. The molecule has 2 aromatic carbocycles. The number of benzene rings is 2. The number of H-pyrrole nitrogens is 1. The molecule has 0 aliphatic rings. The molecular formula is C21H16N2O4. The molecule has 6 heteroatoms. The van der Waals surface area contributed by atoms with Crippen molar-refractivity contribution in [3.05, 3.63) is 65.9 Å². The second-order valence-electron chi connectivity index (χ2n) is 6.01. The van der Waals surface area contributed by atoms with E-state index in [-0.39, 0.29) is 5.69 Å². The van der Waals surface area contributed by atoms with E-state index < -0.39 is 11.9 Å². The molecule has 134 valence electrons. The zero-order chi connectivity index (χ0) is 19.0. The number of esters is 2. The lowest BCUT2D eigenvalue weighted by Gasteiger charge is -2.07. The first-order chi connectivity index (χ1) is 13.1. The van der Waals surface area contributed by atoms with E-state index in [1.807, 2.05) is 24.3 Å². The van der Waals surface area contributed by atoms with Crippen LogP contribution in [-0.4, -0.2) is 36.1 Å². The Hall–Kier alpha value is -3.67. The summed E-state index contributed by atoms with van der Waals surface area (Å²) in [5.74, 6) is -0.914. The number of para-hydroxylation sites is 1. The number of carbonyl (C=O) groups excluding carboxylic acids is 2. The molecule has 0 aliphatic heterocycles. The first kappa shape index (κ1) is 16.8. The fourth-order valence-electron chi connectivity index (χ4n) is 3.15. The van der Waals surface area contributed by atoms with Crippen molar-refractivity contribution in [1.82, 2.24) is 9.97 Å². The summed E-state index contributed by atoms with van der Waals surface area (Å²) in [6.07, 6.45) is 0. The minimum atomic E-state index is -0.505. The number of hydrogen-bond donors (Lipinski definition) is 1. The number of pyridine rings is 1. The highest BCUT2D eigenvalue weighted by Crippen LogP contribution is 2.33. The highest BCUT2D eigenvalue weighted by atomic mass is 16.5. The molecule has 4 rings (SSSR count). The number of aromatic amines is 1. The van der Waals surface area contributed by atoms with Crippen LogP contribution in [0.1, 0.15) is 20.8 Å². The number of nitrogens with zero attached hydrogens (tertiary/aromatic N) is 1. The normalized spacial score (nSPS) is 10.9. The van der Waals surface area contributed by atoms with E-state index in [1.165, 1.54) is 14.2 Å². The van der Waals surface area contributed by atoms with E-state index in [0.29, 0.717) is 11.3 Å². The van der Waals surface area contributed by atoms with Crippen molar-refractivity contribution in [2.45, 2.75) is 0 Å². The van der Waals surface area contributed by atoms with Gasteiger partial charge in [-0.05, 0) is 24.3 Å². The topological polar surface area (TPSA) is 81.3 Å². The van der Waals surface area contributed by atoms with E-state index in [9.17, 15) is 9.59 Å². The van der Waals surface area contributed by atoms with Crippen LogP contribution in [-0.2, 0) is 9.47 Å². The summed E-state index contributed by atoms with van der Waals surface area (Å²) in [6, 6.07) is 16.5. The van der Waals surface area contributed by atoms with Gasteiger partial charge in [0.15, 0.2) is 0 Å². The molecule has 0 bridgehead atoms. The third-order valence-corrected chi connectivity index (χ3v) is 4.47. The summed E-state index contributed by atoms with van der Waals surface area (Å²) in [6.45, 7) is 0. The number of ether oxygens (including phenoxy) is 2. The maximum Gasteiger partial charge on any atom is 0.356 e. The molecule has 0 unspecified atom stereocenters. The van der Waals surface area contributed by atoms with Gasteiger partial charge in [-0.25, -0.2) is 14.6 Å². The Morgan fingerprint density at radius 1 is 0.889 bits per heavy atom. The Kier molecular flexibility index (Phi) is 4.08. The molecule has 0 saturated carbocycles. The zero-order valence-corrected chi connectivity index (χ0v) is 14.8. The van der Waals surface area contributed by atoms with E-state index in [1.54, 1.807) is 30.3 Å². The number of fused-ring (bicyclic) bond motifs is 3. The largest absolute Gasteiger partial charge is 0.465 e. The monoisotopic (exact) mass is 360 g/mol. The first-order valence-electron chi connectivity index (χ1n) is 8.31. The number of methoxy groups -OCH3 is 2. The molecule has 4 aromatic rings. The molecule has 0 fully saturated rings. The molecule has 2 heterocycles. The Bertz CT molecular complexity index is 1180. The number of rotatable bonds is 3. The van der Waals surface area contributed by atoms with Gasteiger partial charge in [0.05, 0.1) is 31.0 Å². The highest BCUT2D eigenvalue weighted by Gasteiger charge is 2.17. The Morgan fingerprint density at radius 2 is 1.59 bits per heavy atom. The summed E-state index contributed by atoms with van der Waals surface area (Å²) in [4.78, 5) is 31.7. The number of carbonyl (C=O) groups is 2. The summed E-state index contributed by atoms with van der Waals surface area (Å²) in [7, 11) is 2.67. The van der Waals surface area contributed by atoms with Gasteiger partial charge in [-0.2, -0.15) is 0 Å². The van der Waals surface area contributed by atoms with Crippen LogP contribution in [0.25, 0.3) is 33.1 Å². The van der Waals surface area contributed by atoms with E-state index in [2.05, 4.69) is 9.97 Å². The Labute approximate surface area is 154 Å². The van der Waals surface area contributed by atoms with Gasteiger partial charge in [0.1, 0.15) is 5.69 Å². The second-order valence-corrected chi connectivity index (χ2v) is 6.01. The molecule has 0 radical (unpaired) electrons. The molecule has 1 N–H and O–H groups in total. The molecule has 0 aliphatic carbocycles. The van der Waals surface area contributed by atoms with Crippen molar-refractivity contribution in [3.63, 3.8) is 0 Å². The van der Waals surface area contributed by atoms with Crippen molar-refractivity contribution in [1.29, 1.82) is 0 Å². The zero-order valence-electron chi connectivity index (χ0n) is 14.8. The standard InChI is InChI=1S/C21H16N2O4/c1-26-20(24)13-9-7-12(8-10-13)18-19-15(11-17(23-18)21(25)27-2)14-5-3-4-6-16(14)22-19/h3-11,22H,1-2H3. The highest BCUT2D eigenvalue weighted by molar-refractivity contribution is 6.12. The lowest BCUT2D eigenvalue weighted by molar-refractivity contribution is 0.0588. The van der Waals surface area contributed by atoms with Gasteiger partial charge in [0.2, 0.25) is 0 Å². The molecule has 0 amide bonds. The predicted octanol–water partition coefficient (Wildman–Crippen LogP) is 3.96. The molecule has 0 saturated heterocycles.